The molecule has 3 rings (SSSR count). The Bertz CT molecular complexity index is 626. The van der Waals surface area contributed by atoms with Gasteiger partial charge in [-0.15, -0.1) is 0 Å². The lowest BCUT2D eigenvalue weighted by Crippen LogP contribution is -2.21. The minimum absolute atomic E-state index is 0.764. The highest BCUT2D eigenvalue weighted by Gasteiger charge is 2.11. The molecule has 124 valence electrons. The second kappa shape index (κ2) is 10.3. The monoisotopic (exact) mass is 313 g/mol. The van der Waals surface area contributed by atoms with Gasteiger partial charge in [0, 0.05) is 24.5 Å². The van der Waals surface area contributed by atoms with Crippen LogP contribution < -0.4 is 5.32 Å². The van der Waals surface area contributed by atoms with Gasteiger partial charge in [0.2, 0.25) is 0 Å². The van der Waals surface area contributed by atoms with Crippen LogP contribution in [-0.4, -0.2) is 27.6 Å². The third kappa shape index (κ3) is 5.06. The summed E-state index contributed by atoms with van der Waals surface area (Å²) in [7, 11) is 0. The van der Waals surface area contributed by atoms with Gasteiger partial charge in [-0.2, -0.15) is 5.10 Å². The van der Waals surface area contributed by atoms with Crippen LogP contribution in [0.2, 0.25) is 0 Å². The van der Waals surface area contributed by atoms with Crippen molar-refractivity contribution in [3.05, 3.63) is 53.6 Å². The average molecular weight is 313 g/mol. The highest BCUT2D eigenvalue weighted by molar-refractivity contribution is 5.60. The lowest BCUT2D eigenvalue weighted by atomic mass is 10.1. The van der Waals surface area contributed by atoms with Crippen molar-refractivity contribution < 1.29 is 0 Å². The van der Waals surface area contributed by atoms with Crippen LogP contribution in [0.4, 0.5) is 0 Å². The summed E-state index contributed by atoms with van der Waals surface area (Å²) in [5.74, 6) is 0.838. The molecule has 0 spiro atoms. The molecular weight excluding hydrogens is 286 g/mol. The molecule has 5 heteroatoms. The van der Waals surface area contributed by atoms with Crippen molar-refractivity contribution in [2.45, 2.75) is 41.0 Å². The molecule has 0 amide bonds. The summed E-state index contributed by atoms with van der Waals surface area (Å²) in [5.41, 5.74) is 3.56. The maximum atomic E-state index is 4.35. The van der Waals surface area contributed by atoms with E-state index in [9.17, 15) is 0 Å². The Morgan fingerprint density at radius 2 is 1.87 bits per heavy atom. The summed E-state index contributed by atoms with van der Waals surface area (Å²) in [6.07, 6.45) is 6.13. The Labute approximate surface area is 139 Å². The first kappa shape index (κ1) is 18.6. The van der Waals surface area contributed by atoms with Gasteiger partial charge in [0.15, 0.2) is 5.82 Å². The molecule has 3 heterocycles. The van der Waals surface area contributed by atoms with E-state index in [1.165, 1.54) is 11.3 Å². The molecule has 0 aromatic carbocycles. The molecule has 2 aromatic rings. The molecule has 23 heavy (non-hydrogen) atoms. The van der Waals surface area contributed by atoms with Gasteiger partial charge in [0.25, 0.3) is 0 Å². The van der Waals surface area contributed by atoms with Crippen LogP contribution in [-0.2, 0) is 6.42 Å². The van der Waals surface area contributed by atoms with Crippen molar-refractivity contribution in [2.24, 2.45) is 4.99 Å². The third-order valence-electron chi connectivity index (χ3n) is 3.12. The fourth-order valence-electron chi connectivity index (χ4n) is 2.06. The molecule has 0 fully saturated rings. The summed E-state index contributed by atoms with van der Waals surface area (Å²) in [6.45, 7) is 10.9. The highest BCUT2D eigenvalue weighted by atomic mass is 15.3. The first-order valence-electron chi connectivity index (χ1n) is 8.22. The molecular formula is C18H27N5. The van der Waals surface area contributed by atoms with Crippen molar-refractivity contribution in [1.82, 2.24) is 20.1 Å². The zero-order chi connectivity index (χ0) is 17.1. The molecule has 0 saturated heterocycles. The molecule has 0 unspecified atom stereocenters. The van der Waals surface area contributed by atoms with E-state index in [1.54, 1.807) is 18.7 Å². The first-order chi connectivity index (χ1) is 11.3. The minimum atomic E-state index is 0.764. The van der Waals surface area contributed by atoms with Crippen LogP contribution in [0.15, 0.2) is 52.9 Å². The molecule has 0 saturated carbocycles. The van der Waals surface area contributed by atoms with Crippen molar-refractivity contribution in [2.75, 3.05) is 6.54 Å². The Hall–Kier alpha value is -2.43. The molecule has 0 bridgehead atoms. The van der Waals surface area contributed by atoms with Gasteiger partial charge in [0.1, 0.15) is 0 Å². The maximum absolute atomic E-state index is 4.35. The number of pyridine rings is 1. The van der Waals surface area contributed by atoms with E-state index >= 15 is 0 Å². The fraction of sp³-hybridized carbons (Fsp3) is 0.389. The summed E-state index contributed by atoms with van der Waals surface area (Å²) < 4.78 is 1.87. The van der Waals surface area contributed by atoms with Crippen molar-refractivity contribution in [1.29, 1.82) is 0 Å². The van der Waals surface area contributed by atoms with E-state index in [1.807, 2.05) is 56.6 Å². The predicted octanol–water partition coefficient (Wildman–Crippen LogP) is 3.77. The summed E-state index contributed by atoms with van der Waals surface area (Å²) in [4.78, 5) is 8.52. The minimum Gasteiger partial charge on any atom is -0.350 e. The van der Waals surface area contributed by atoms with Gasteiger partial charge in [-0.05, 0) is 30.7 Å². The number of aliphatic imine (C=N–C) groups is 1. The van der Waals surface area contributed by atoms with E-state index in [2.05, 4.69) is 27.3 Å². The van der Waals surface area contributed by atoms with E-state index in [-0.39, 0.29) is 0 Å². The van der Waals surface area contributed by atoms with E-state index in [0.717, 1.165) is 24.5 Å². The van der Waals surface area contributed by atoms with Gasteiger partial charge in [-0.25, -0.2) is 9.67 Å². The van der Waals surface area contributed by atoms with Gasteiger partial charge in [0.05, 0.1) is 18.6 Å². The van der Waals surface area contributed by atoms with Crippen LogP contribution in [0.1, 0.15) is 40.3 Å². The zero-order valence-corrected chi connectivity index (χ0v) is 14.7. The van der Waals surface area contributed by atoms with Gasteiger partial charge in [-0.1, -0.05) is 33.8 Å². The lowest BCUT2D eigenvalue weighted by Gasteiger charge is -2.15. The maximum Gasteiger partial charge on any atom is 0.153 e. The van der Waals surface area contributed by atoms with E-state index < -0.39 is 0 Å². The molecule has 0 aliphatic carbocycles. The van der Waals surface area contributed by atoms with Crippen LogP contribution in [0.3, 0.4) is 0 Å². The zero-order valence-electron chi connectivity index (χ0n) is 14.7. The molecule has 0 atom stereocenters. The molecule has 1 aliphatic rings. The Morgan fingerprint density at radius 3 is 2.52 bits per heavy atom. The first-order valence-corrected chi connectivity index (χ1v) is 8.22. The molecule has 0 radical (unpaired) electrons. The van der Waals surface area contributed by atoms with E-state index in [4.69, 9.17) is 0 Å². The summed E-state index contributed by atoms with van der Waals surface area (Å²) in [5, 5.41) is 7.56. The van der Waals surface area contributed by atoms with Crippen LogP contribution >= 0.6 is 0 Å². The number of allylic oxidation sites excluding steroid dienone is 1. The number of aromatic nitrogens is 3. The van der Waals surface area contributed by atoms with Crippen molar-refractivity contribution in [3.8, 4) is 5.82 Å². The number of nitrogens with zero attached hydrogens (tertiary/aromatic N) is 4. The summed E-state index contributed by atoms with van der Waals surface area (Å²) in [6, 6.07) is 7.83. The van der Waals surface area contributed by atoms with Gasteiger partial charge >= 0.3 is 0 Å². The van der Waals surface area contributed by atoms with Gasteiger partial charge < -0.3 is 5.32 Å². The largest absolute Gasteiger partial charge is 0.350 e. The molecule has 1 N–H and O–H groups in total. The second-order valence-electron chi connectivity index (χ2n) is 4.47. The molecule has 1 aliphatic heterocycles. The van der Waals surface area contributed by atoms with Crippen LogP contribution in [0.25, 0.3) is 5.82 Å². The van der Waals surface area contributed by atoms with Crippen molar-refractivity contribution >= 4 is 6.34 Å². The highest BCUT2D eigenvalue weighted by Crippen LogP contribution is 2.14. The van der Waals surface area contributed by atoms with Crippen LogP contribution in [0.5, 0.6) is 0 Å². The van der Waals surface area contributed by atoms with Crippen LogP contribution in [0, 0.1) is 0 Å². The smallest absolute Gasteiger partial charge is 0.153 e. The average Bonchev–Trinajstić information content (AvgIpc) is 3.09. The third-order valence-corrected chi connectivity index (χ3v) is 3.12. The fourth-order valence-corrected chi connectivity index (χ4v) is 2.06. The molecule has 2 aromatic heterocycles. The second-order valence-corrected chi connectivity index (χ2v) is 4.47. The predicted molar refractivity (Wildman–Crippen MR) is 97.0 cm³/mol. The SMILES string of the molecule is CC.CC.CC1=C(Cc2ccnn2-c2ccccn2)NC=NC1. The van der Waals surface area contributed by atoms with E-state index in [0.29, 0.717) is 0 Å². The Morgan fingerprint density at radius 1 is 1.09 bits per heavy atom. The quantitative estimate of drug-likeness (QED) is 0.938. The number of nitrogens with one attached hydrogen (secondary N) is 1. The summed E-state index contributed by atoms with van der Waals surface area (Å²) >= 11 is 0. The normalized spacial score (nSPS) is 12.6. The number of hydrogen-bond donors (Lipinski definition) is 1. The topological polar surface area (TPSA) is 55.1 Å². The number of rotatable bonds is 3. The number of hydrogen-bond acceptors (Lipinski definition) is 4. The lowest BCUT2D eigenvalue weighted by molar-refractivity contribution is 0.778. The Kier molecular flexibility index (Phi) is 8.36. The van der Waals surface area contributed by atoms with Gasteiger partial charge in [-0.3, -0.25) is 4.99 Å². The Balaban J connectivity index is 0.000000615. The standard InChI is InChI=1S/C14H15N5.2C2H6/c1-11-9-15-10-17-13(11)8-12-5-7-18-19(12)14-4-2-3-6-16-14;2*1-2/h2-7,10H,8-9H2,1H3,(H,15,17);2*1-2H3. The van der Waals surface area contributed by atoms with Crippen molar-refractivity contribution in [3.63, 3.8) is 0 Å². The molecule has 5 nitrogen and oxygen atoms in total.